The fourth-order valence-corrected chi connectivity index (χ4v) is 5.24. The fraction of sp³-hybridized carbons (Fsp3) is 0.231. The first-order chi connectivity index (χ1) is 23.7. The maximum absolute atomic E-state index is 13.2. The van der Waals surface area contributed by atoms with Crippen molar-refractivity contribution >= 4 is 12.3 Å². The van der Waals surface area contributed by atoms with Crippen molar-refractivity contribution < 1.29 is 31.9 Å². The van der Waals surface area contributed by atoms with Gasteiger partial charge in [-0.25, -0.2) is 0 Å². The van der Waals surface area contributed by atoms with Crippen LogP contribution in [0.2, 0.25) is 0 Å². The number of carbonyl (C=O) groups excluding carboxylic acids is 2. The summed E-state index contributed by atoms with van der Waals surface area (Å²) >= 11 is 0. The fourth-order valence-electron chi connectivity index (χ4n) is 5.24. The molecule has 1 atom stereocenters. The average Bonchev–Trinajstić information content (AvgIpc) is 3.63. The van der Waals surface area contributed by atoms with Crippen molar-refractivity contribution in [2.45, 2.75) is 44.3 Å². The molecule has 0 aliphatic carbocycles. The third-order valence-electron chi connectivity index (χ3n) is 7.70. The number of alkyl halides is 3. The molecule has 0 spiro atoms. The molecule has 1 heterocycles. The Balaban J connectivity index is 1.54. The summed E-state index contributed by atoms with van der Waals surface area (Å²) in [6.45, 7) is 4.84. The number of nitrogens with two attached hydrogens (primary N) is 1. The van der Waals surface area contributed by atoms with Crippen LogP contribution in [0.25, 0.3) is 0 Å². The predicted octanol–water partition coefficient (Wildman–Crippen LogP) is 7.85. The molecule has 49 heavy (non-hydrogen) atoms. The number of allylic oxidation sites excluding steroid dienone is 4. The molecule has 4 N–H and O–H groups in total. The van der Waals surface area contributed by atoms with E-state index in [2.05, 4.69) is 17.2 Å². The molecule has 0 bridgehead atoms. The van der Waals surface area contributed by atoms with Crippen molar-refractivity contribution in [2.75, 3.05) is 13.2 Å². The van der Waals surface area contributed by atoms with E-state index in [1.54, 1.807) is 30.4 Å². The van der Waals surface area contributed by atoms with Crippen LogP contribution in [0.4, 0.5) is 13.2 Å². The van der Waals surface area contributed by atoms with Gasteiger partial charge in [0.1, 0.15) is 5.75 Å². The zero-order valence-electron chi connectivity index (χ0n) is 27.0. The van der Waals surface area contributed by atoms with Gasteiger partial charge in [0, 0.05) is 5.70 Å². The van der Waals surface area contributed by atoms with E-state index in [4.69, 9.17) is 14.9 Å². The number of nitrogens with one attached hydrogen (secondary N) is 2. The molecule has 3 aromatic carbocycles. The number of hydrogen-bond acceptors (Lipinski definition) is 5. The summed E-state index contributed by atoms with van der Waals surface area (Å²) in [4.78, 5) is 24.4. The molecule has 0 radical (unpaired) electrons. The number of amides is 2. The number of furan rings is 1. The molecule has 4 rings (SSSR count). The summed E-state index contributed by atoms with van der Waals surface area (Å²) in [6.07, 6.45) is 5.55. The predicted molar refractivity (Wildman–Crippen MR) is 184 cm³/mol. The average molecular weight is 672 g/mol. The maximum Gasteiger partial charge on any atom is 0.416 e. The lowest BCUT2D eigenvalue weighted by atomic mass is 9.94. The van der Waals surface area contributed by atoms with Crippen LogP contribution in [0, 0.1) is 0 Å². The van der Waals surface area contributed by atoms with Crippen LogP contribution in [0.15, 0.2) is 132 Å². The van der Waals surface area contributed by atoms with Crippen molar-refractivity contribution in [2.24, 2.45) is 5.73 Å². The van der Waals surface area contributed by atoms with Gasteiger partial charge in [-0.05, 0) is 103 Å². The highest BCUT2D eigenvalue weighted by molar-refractivity contribution is 5.92. The SMILES string of the molecule is C=C/C=C(\C=C(/CCC(NC=O)c1ccc(OCCCN)cc1)Cc1ccc(Cc2cccc(C(F)(F)F)c2)cc1)NC(=O)c1ccco1. The van der Waals surface area contributed by atoms with Gasteiger partial charge in [0.05, 0.1) is 24.5 Å². The zero-order chi connectivity index (χ0) is 35.1. The maximum atomic E-state index is 13.2. The molecule has 0 saturated carbocycles. The van der Waals surface area contributed by atoms with Crippen LogP contribution in [0.3, 0.4) is 0 Å². The summed E-state index contributed by atoms with van der Waals surface area (Å²) < 4.78 is 50.6. The van der Waals surface area contributed by atoms with Crippen molar-refractivity contribution in [3.8, 4) is 5.75 Å². The number of ether oxygens (including phenoxy) is 1. The Bertz CT molecular complexity index is 1710. The van der Waals surface area contributed by atoms with E-state index in [0.717, 1.165) is 34.8 Å². The molecule has 1 aromatic heterocycles. The molecule has 7 nitrogen and oxygen atoms in total. The van der Waals surface area contributed by atoms with Crippen LogP contribution >= 0.6 is 0 Å². The van der Waals surface area contributed by atoms with E-state index in [0.29, 0.717) is 62.3 Å². The minimum atomic E-state index is -4.40. The Labute approximate surface area is 284 Å². The van der Waals surface area contributed by atoms with Crippen LogP contribution in [-0.4, -0.2) is 25.5 Å². The molecular weight excluding hydrogens is 631 g/mol. The van der Waals surface area contributed by atoms with E-state index in [-0.39, 0.29) is 11.8 Å². The van der Waals surface area contributed by atoms with E-state index in [1.807, 2.05) is 54.6 Å². The molecule has 0 aliphatic heterocycles. The van der Waals surface area contributed by atoms with E-state index >= 15 is 0 Å². The lowest BCUT2D eigenvalue weighted by molar-refractivity contribution is -0.137. The number of benzene rings is 3. The van der Waals surface area contributed by atoms with Crippen molar-refractivity contribution in [1.29, 1.82) is 0 Å². The first kappa shape index (κ1) is 36.5. The van der Waals surface area contributed by atoms with Gasteiger partial charge in [0.15, 0.2) is 5.76 Å². The second-order valence-corrected chi connectivity index (χ2v) is 11.4. The summed E-state index contributed by atoms with van der Waals surface area (Å²) in [5, 5.41) is 5.78. The topological polar surface area (TPSA) is 107 Å². The molecule has 256 valence electrons. The quantitative estimate of drug-likeness (QED) is 0.0568. The van der Waals surface area contributed by atoms with Gasteiger partial charge in [-0.2, -0.15) is 13.2 Å². The largest absolute Gasteiger partial charge is 0.494 e. The lowest BCUT2D eigenvalue weighted by Gasteiger charge is -2.19. The molecule has 4 aromatic rings. The van der Waals surface area contributed by atoms with Gasteiger partial charge in [0.25, 0.3) is 5.91 Å². The van der Waals surface area contributed by atoms with Gasteiger partial charge >= 0.3 is 6.18 Å². The Morgan fingerprint density at radius 2 is 1.73 bits per heavy atom. The molecule has 0 aliphatic rings. The van der Waals surface area contributed by atoms with Gasteiger partial charge in [-0.15, -0.1) is 0 Å². The summed E-state index contributed by atoms with van der Waals surface area (Å²) in [7, 11) is 0. The van der Waals surface area contributed by atoms with Gasteiger partial charge in [-0.3, -0.25) is 9.59 Å². The monoisotopic (exact) mass is 671 g/mol. The number of hydrogen-bond donors (Lipinski definition) is 3. The number of rotatable bonds is 18. The summed E-state index contributed by atoms with van der Waals surface area (Å²) in [6, 6.07) is 23.5. The highest BCUT2D eigenvalue weighted by Gasteiger charge is 2.30. The third kappa shape index (κ3) is 11.7. The van der Waals surface area contributed by atoms with Crippen LogP contribution in [0.1, 0.15) is 63.7 Å². The van der Waals surface area contributed by atoms with Crippen LogP contribution < -0.4 is 21.1 Å². The number of carbonyl (C=O) groups is 2. The molecule has 0 fully saturated rings. The first-order valence-corrected chi connectivity index (χ1v) is 15.9. The van der Waals surface area contributed by atoms with E-state index < -0.39 is 17.6 Å². The molecule has 0 saturated heterocycles. The molecule has 2 amide bonds. The van der Waals surface area contributed by atoms with Crippen LogP contribution in [0.5, 0.6) is 5.75 Å². The minimum Gasteiger partial charge on any atom is -0.494 e. The highest BCUT2D eigenvalue weighted by Crippen LogP contribution is 2.30. The summed E-state index contributed by atoms with van der Waals surface area (Å²) in [5.74, 6) is 0.458. The standard InChI is InChI=1S/C39H40F3N3O4/c1-2-6-34(45-38(47)37-9-4-21-49-37)26-31(14-19-36(44-27-46)32-15-17-35(18-16-32)48-22-5-20-43)24-29-12-10-28(11-13-29)23-30-7-3-8-33(25-30)39(40,41)42/h2-4,6-13,15-18,21,25-27,36H,1,5,14,19-20,22-24,43H2,(H,44,46)(H,45,47)/b31-26+,34-6+. The Hall–Kier alpha value is -5.35. The van der Waals surface area contributed by atoms with Crippen molar-refractivity contribution in [3.63, 3.8) is 0 Å². The third-order valence-corrected chi connectivity index (χ3v) is 7.70. The highest BCUT2D eigenvalue weighted by atomic mass is 19.4. The van der Waals surface area contributed by atoms with Gasteiger partial charge in [0.2, 0.25) is 6.41 Å². The second kappa shape index (κ2) is 18.3. The van der Waals surface area contributed by atoms with Crippen LogP contribution in [-0.2, 0) is 23.8 Å². The molecule has 1 unspecified atom stereocenters. The minimum absolute atomic E-state index is 0.159. The normalized spacial score (nSPS) is 12.7. The molecular formula is C39H40F3N3O4. The van der Waals surface area contributed by atoms with Gasteiger partial charge < -0.3 is 25.5 Å². The number of halogens is 3. The van der Waals surface area contributed by atoms with Gasteiger partial charge in [-0.1, -0.05) is 72.8 Å². The second-order valence-electron chi connectivity index (χ2n) is 11.4. The summed E-state index contributed by atoms with van der Waals surface area (Å²) in [5.41, 5.74) is 9.65. The molecule has 10 heteroatoms. The lowest BCUT2D eigenvalue weighted by Crippen LogP contribution is -2.22. The van der Waals surface area contributed by atoms with Crippen molar-refractivity contribution in [1.82, 2.24) is 10.6 Å². The zero-order valence-corrected chi connectivity index (χ0v) is 27.0. The van der Waals surface area contributed by atoms with E-state index in [9.17, 15) is 22.8 Å². The Kier molecular flexibility index (Phi) is 13.6. The Morgan fingerprint density at radius 1 is 0.980 bits per heavy atom. The van der Waals surface area contributed by atoms with E-state index in [1.165, 1.54) is 18.4 Å². The first-order valence-electron chi connectivity index (χ1n) is 15.9. The smallest absolute Gasteiger partial charge is 0.416 e. The Morgan fingerprint density at radius 3 is 2.39 bits per heavy atom. The van der Waals surface area contributed by atoms with Crippen molar-refractivity contribution in [3.05, 3.63) is 161 Å².